The fourth-order valence-corrected chi connectivity index (χ4v) is 4.04. The monoisotopic (exact) mass is 382 g/mol. The van der Waals surface area contributed by atoms with Crippen molar-refractivity contribution in [3.05, 3.63) is 58.7 Å². The quantitative estimate of drug-likeness (QED) is 0.387. The highest BCUT2D eigenvalue weighted by Gasteiger charge is 2.28. The average molecular weight is 382 g/mol. The number of aliphatic hydroxyl groups is 2. The lowest BCUT2D eigenvalue weighted by Gasteiger charge is -2.28. The topological polar surface area (TPSA) is 121 Å². The maximum atomic E-state index is 10.1. The lowest BCUT2D eigenvalue weighted by molar-refractivity contribution is 0.0135. The summed E-state index contributed by atoms with van der Waals surface area (Å²) in [5.74, 6) is -0.396. The lowest BCUT2D eigenvalue weighted by Crippen LogP contribution is -2.35. The van der Waals surface area contributed by atoms with Crippen LogP contribution >= 0.6 is 0 Å². The van der Waals surface area contributed by atoms with Crippen molar-refractivity contribution in [2.75, 3.05) is 0 Å². The first kappa shape index (κ1) is 18.4. The molecule has 0 aliphatic heterocycles. The molecule has 2 atom stereocenters. The second-order valence-electron chi connectivity index (χ2n) is 7.37. The molecule has 146 valence electrons. The van der Waals surface area contributed by atoms with Gasteiger partial charge in [0.1, 0.15) is 11.5 Å². The van der Waals surface area contributed by atoms with Crippen molar-refractivity contribution in [2.24, 2.45) is 0 Å². The predicted molar refractivity (Wildman–Crippen MR) is 104 cm³/mol. The molecule has 3 aromatic rings. The highest BCUT2D eigenvalue weighted by atomic mass is 16.3. The first-order chi connectivity index (χ1) is 13.3. The zero-order chi connectivity index (χ0) is 20.0. The van der Waals surface area contributed by atoms with E-state index < -0.39 is 12.2 Å². The summed E-state index contributed by atoms with van der Waals surface area (Å²) in [6.45, 7) is 0. The number of rotatable bonds is 3. The first-order valence-corrected chi connectivity index (χ1v) is 9.20. The zero-order valence-electron chi connectivity index (χ0n) is 15.1. The molecular weight excluding hydrogens is 360 g/mol. The molecule has 28 heavy (non-hydrogen) atoms. The smallest absolute Gasteiger partial charge is 0.158 e. The van der Waals surface area contributed by atoms with Crippen LogP contribution < -0.4 is 0 Å². The van der Waals surface area contributed by atoms with Gasteiger partial charge >= 0.3 is 0 Å². The zero-order valence-corrected chi connectivity index (χ0v) is 15.1. The maximum Gasteiger partial charge on any atom is 0.158 e. The minimum atomic E-state index is -0.884. The van der Waals surface area contributed by atoms with Crippen LogP contribution in [0.5, 0.6) is 23.0 Å². The number of aryl methyl sites for hydroxylation is 2. The SMILES string of the molecule is Oc1cc2c(O)ccc(CCc3ccc(O)c4c3CC(O)C(O)C4)c2cc1O. The van der Waals surface area contributed by atoms with Gasteiger partial charge in [0.15, 0.2) is 11.5 Å². The van der Waals surface area contributed by atoms with Gasteiger partial charge in [0.05, 0.1) is 12.2 Å². The molecule has 0 radical (unpaired) electrons. The van der Waals surface area contributed by atoms with Crippen molar-refractivity contribution in [3.8, 4) is 23.0 Å². The first-order valence-electron chi connectivity index (χ1n) is 9.20. The summed E-state index contributed by atoms with van der Waals surface area (Å²) in [7, 11) is 0. The van der Waals surface area contributed by atoms with Gasteiger partial charge in [0.25, 0.3) is 0 Å². The summed E-state index contributed by atoms with van der Waals surface area (Å²) < 4.78 is 0. The second kappa shape index (κ2) is 6.89. The number of aromatic hydroxyl groups is 4. The van der Waals surface area contributed by atoms with Crippen LogP contribution in [0.2, 0.25) is 0 Å². The predicted octanol–water partition coefficient (Wildman–Crippen LogP) is 2.27. The molecule has 1 aliphatic rings. The highest BCUT2D eigenvalue weighted by Crippen LogP contribution is 2.37. The van der Waals surface area contributed by atoms with Gasteiger partial charge in [0.2, 0.25) is 0 Å². The van der Waals surface area contributed by atoms with Gasteiger partial charge < -0.3 is 30.6 Å². The van der Waals surface area contributed by atoms with E-state index in [1.165, 1.54) is 12.1 Å². The normalized spacial score (nSPS) is 18.9. The Morgan fingerprint density at radius 3 is 1.86 bits per heavy atom. The summed E-state index contributed by atoms with van der Waals surface area (Å²) in [6.07, 6.45) is -0.0339. The number of hydrogen-bond acceptors (Lipinski definition) is 6. The highest BCUT2D eigenvalue weighted by molar-refractivity contribution is 5.93. The Morgan fingerprint density at radius 1 is 0.607 bits per heavy atom. The Bertz CT molecular complexity index is 1060. The van der Waals surface area contributed by atoms with E-state index in [0.29, 0.717) is 29.2 Å². The van der Waals surface area contributed by atoms with E-state index in [9.17, 15) is 30.6 Å². The molecular formula is C22H22O6. The number of fused-ring (bicyclic) bond motifs is 2. The molecule has 0 heterocycles. The molecule has 0 saturated carbocycles. The van der Waals surface area contributed by atoms with Gasteiger partial charge in [-0.05, 0) is 59.2 Å². The number of phenols is 4. The fraction of sp³-hybridized carbons (Fsp3) is 0.273. The van der Waals surface area contributed by atoms with Gasteiger partial charge in [0, 0.05) is 23.8 Å². The van der Waals surface area contributed by atoms with Crippen LogP contribution in [0.15, 0.2) is 36.4 Å². The van der Waals surface area contributed by atoms with E-state index in [2.05, 4.69) is 0 Å². The van der Waals surface area contributed by atoms with Crippen LogP contribution in [0.1, 0.15) is 22.3 Å². The van der Waals surface area contributed by atoms with E-state index in [1.54, 1.807) is 18.2 Å². The Kier molecular flexibility index (Phi) is 4.53. The molecule has 0 aromatic heterocycles. The van der Waals surface area contributed by atoms with Gasteiger partial charge in [-0.2, -0.15) is 0 Å². The lowest BCUT2D eigenvalue weighted by atomic mass is 9.83. The number of benzene rings is 3. The molecule has 6 nitrogen and oxygen atoms in total. The number of phenolic OH excluding ortho intramolecular Hbond substituents is 4. The summed E-state index contributed by atoms with van der Waals surface area (Å²) in [4.78, 5) is 0. The molecule has 6 heteroatoms. The summed E-state index contributed by atoms with van der Waals surface area (Å²) >= 11 is 0. The van der Waals surface area contributed by atoms with Crippen LogP contribution in [0.25, 0.3) is 10.8 Å². The van der Waals surface area contributed by atoms with Crippen molar-refractivity contribution in [2.45, 2.75) is 37.9 Å². The minimum Gasteiger partial charge on any atom is -0.508 e. The van der Waals surface area contributed by atoms with Crippen molar-refractivity contribution < 1.29 is 30.6 Å². The third-order valence-corrected chi connectivity index (χ3v) is 5.62. The second-order valence-corrected chi connectivity index (χ2v) is 7.37. The van der Waals surface area contributed by atoms with Crippen LogP contribution in [0.3, 0.4) is 0 Å². The number of hydrogen-bond donors (Lipinski definition) is 6. The van der Waals surface area contributed by atoms with Crippen molar-refractivity contribution in [3.63, 3.8) is 0 Å². The molecule has 4 rings (SSSR count). The van der Waals surface area contributed by atoms with Gasteiger partial charge in [-0.15, -0.1) is 0 Å². The largest absolute Gasteiger partial charge is 0.508 e. The molecule has 0 fully saturated rings. The average Bonchev–Trinajstić information content (AvgIpc) is 2.66. The molecule has 2 unspecified atom stereocenters. The molecule has 0 saturated heterocycles. The van der Waals surface area contributed by atoms with Crippen LogP contribution in [-0.2, 0) is 25.7 Å². The summed E-state index contributed by atoms with van der Waals surface area (Å²) in [5.41, 5.74) is 3.40. The molecule has 0 amide bonds. The Morgan fingerprint density at radius 2 is 1.14 bits per heavy atom. The van der Waals surface area contributed by atoms with E-state index in [4.69, 9.17) is 0 Å². The van der Waals surface area contributed by atoms with Crippen LogP contribution in [-0.4, -0.2) is 42.8 Å². The molecule has 0 spiro atoms. The minimum absolute atomic E-state index is 0.0215. The maximum absolute atomic E-state index is 10.1. The third kappa shape index (κ3) is 3.10. The van der Waals surface area contributed by atoms with Gasteiger partial charge in [-0.3, -0.25) is 0 Å². The van der Waals surface area contributed by atoms with Crippen LogP contribution in [0, 0.1) is 0 Å². The third-order valence-electron chi connectivity index (χ3n) is 5.62. The van der Waals surface area contributed by atoms with E-state index in [1.807, 2.05) is 6.07 Å². The van der Waals surface area contributed by atoms with Crippen molar-refractivity contribution in [1.82, 2.24) is 0 Å². The van der Waals surface area contributed by atoms with Gasteiger partial charge in [-0.1, -0.05) is 12.1 Å². The Hall–Kier alpha value is -2.96. The summed E-state index contributed by atoms with van der Waals surface area (Å²) in [6, 6.07) is 9.54. The molecule has 6 N–H and O–H groups in total. The summed E-state index contributed by atoms with van der Waals surface area (Å²) in [5, 5.41) is 60.8. The van der Waals surface area contributed by atoms with Gasteiger partial charge in [-0.25, -0.2) is 0 Å². The molecule has 3 aromatic carbocycles. The Labute approximate surface area is 161 Å². The Balaban J connectivity index is 1.69. The molecule has 1 aliphatic carbocycles. The van der Waals surface area contributed by atoms with E-state index >= 15 is 0 Å². The van der Waals surface area contributed by atoms with E-state index in [0.717, 1.165) is 16.7 Å². The standard InChI is InChI=1S/C22H22O6/c23-17-5-3-11(13-7-19(25)21(27)9-15(13)17)1-2-12-4-6-18(24)16-10-22(28)20(26)8-14(12)16/h3-7,9,20,22-28H,1-2,8,10H2. The van der Waals surface area contributed by atoms with Crippen LogP contribution in [0.4, 0.5) is 0 Å². The molecule has 0 bridgehead atoms. The fourth-order valence-electron chi connectivity index (χ4n) is 4.04. The van der Waals surface area contributed by atoms with Crippen molar-refractivity contribution >= 4 is 10.8 Å². The number of aliphatic hydroxyl groups excluding tert-OH is 2. The van der Waals surface area contributed by atoms with E-state index in [-0.39, 0.29) is 35.8 Å². The van der Waals surface area contributed by atoms with Crippen molar-refractivity contribution in [1.29, 1.82) is 0 Å².